The number of anilines is 1. The van der Waals surface area contributed by atoms with Gasteiger partial charge in [-0.2, -0.15) is 13.2 Å². The topological polar surface area (TPSA) is 97.0 Å². The first kappa shape index (κ1) is 31.1. The number of carbonyl (C=O) groups excluding carboxylic acids is 1. The average Bonchev–Trinajstić information content (AvgIpc) is 3.48. The minimum atomic E-state index is -4.62. The number of aromatic nitrogens is 4. The number of nitrogens with one attached hydrogen (secondary N) is 1. The molecule has 1 N–H and O–H groups in total. The van der Waals surface area contributed by atoms with Gasteiger partial charge in [0.05, 0.1) is 23.1 Å². The number of piperidine rings is 1. The van der Waals surface area contributed by atoms with E-state index in [1.807, 2.05) is 27.0 Å². The van der Waals surface area contributed by atoms with Gasteiger partial charge in [0, 0.05) is 47.3 Å². The summed E-state index contributed by atoms with van der Waals surface area (Å²) >= 11 is 0. The average molecular weight is 627 g/mol. The summed E-state index contributed by atoms with van der Waals surface area (Å²) in [7, 11) is 2.01. The smallest absolute Gasteiger partial charge is 0.356 e. The van der Waals surface area contributed by atoms with Crippen LogP contribution in [-0.4, -0.2) is 51.1 Å². The van der Waals surface area contributed by atoms with Gasteiger partial charge in [-0.25, -0.2) is 9.97 Å². The summed E-state index contributed by atoms with van der Waals surface area (Å²) in [5, 5.41) is 6.36. The number of rotatable bonds is 7. The maximum Gasteiger partial charge on any atom is 0.418 e. The van der Waals surface area contributed by atoms with Crippen LogP contribution >= 0.6 is 0 Å². The van der Waals surface area contributed by atoms with E-state index >= 15 is 0 Å². The van der Waals surface area contributed by atoms with Crippen molar-refractivity contribution < 1.29 is 22.5 Å². The molecule has 1 fully saturated rings. The third-order valence-corrected chi connectivity index (χ3v) is 8.50. The van der Waals surface area contributed by atoms with Crippen molar-refractivity contribution in [3.05, 3.63) is 113 Å². The molecule has 0 unspecified atom stereocenters. The second-order valence-electron chi connectivity index (χ2n) is 11.8. The number of alkyl halides is 3. The third-order valence-electron chi connectivity index (χ3n) is 8.50. The Morgan fingerprint density at radius 3 is 2.50 bits per heavy atom. The summed E-state index contributed by atoms with van der Waals surface area (Å²) in [4.78, 5) is 29.0. The summed E-state index contributed by atoms with van der Waals surface area (Å²) < 4.78 is 47.8. The molecule has 1 saturated heterocycles. The molecule has 1 aliphatic heterocycles. The maximum absolute atomic E-state index is 14.2. The van der Waals surface area contributed by atoms with Gasteiger partial charge in [0.1, 0.15) is 5.82 Å². The van der Waals surface area contributed by atoms with Crippen LogP contribution in [0.2, 0.25) is 0 Å². The minimum absolute atomic E-state index is 0.0557. The van der Waals surface area contributed by atoms with Crippen LogP contribution in [0.3, 0.4) is 0 Å². The fourth-order valence-corrected chi connectivity index (χ4v) is 5.79. The Hall–Kier alpha value is -4.90. The van der Waals surface area contributed by atoms with E-state index in [0.717, 1.165) is 53.7 Å². The van der Waals surface area contributed by atoms with Crippen LogP contribution in [0.15, 0.2) is 77.8 Å². The van der Waals surface area contributed by atoms with Crippen LogP contribution in [0.4, 0.5) is 18.9 Å². The Balaban J connectivity index is 1.21. The molecular weight excluding hydrogens is 593 g/mol. The monoisotopic (exact) mass is 626 g/mol. The van der Waals surface area contributed by atoms with E-state index in [1.165, 1.54) is 12.1 Å². The zero-order valence-electron chi connectivity index (χ0n) is 25.7. The first-order chi connectivity index (χ1) is 22.0. The van der Waals surface area contributed by atoms with Gasteiger partial charge < -0.3 is 14.7 Å². The maximum atomic E-state index is 14.2. The van der Waals surface area contributed by atoms with E-state index in [-0.39, 0.29) is 17.2 Å². The number of aryl methyl sites for hydroxylation is 2. The van der Waals surface area contributed by atoms with Gasteiger partial charge >= 0.3 is 6.18 Å². The summed E-state index contributed by atoms with van der Waals surface area (Å²) in [5.74, 6) is 0.576. The lowest BCUT2D eigenvalue weighted by atomic mass is 9.88. The molecule has 3 aromatic heterocycles. The quantitative estimate of drug-likeness (QED) is 0.200. The number of amides is 1. The van der Waals surface area contributed by atoms with Crippen LogP contribution in [0, 0.1) is 13.8 Å². The molecule has 4 heterocycles. The normalized spacial score (nSPS) is 14.4. The molecule has 1 aliphatic rings. The van der Waals surface area contributed by atoms with Gasteiger partial charge in [-0.1, -0.05) is 17.3 Å². The fourth-order valence-electron chi connectivity index (χ4n) is 5.79. The second-order valence-corrected chi connectivity index (χ2v) is 11.8. The van der Waals surface area contributed by atoms with Gasteiger partial charge in [-0.3, -0.25) is 9.78 Å². The van der Waals surface area contributed by atoms with Crippen LogP contribution in [-0.2, 0) is 12.6 Å². The number of carbonyl (C=O) groups is 1. The standard InChI is InChI=1S/C35H33F3N6O2/c1-21-4-5-25(34(45)43-31-7-6-24(16-29(31)35(36,37)38)23-9-12-44(3)13-10-23)14-26(21)17-32-40-11-8-30(42-32)27-15-28(20-39-19-27)33-22(2)18-41-46-33/h4-8,11,14-16,18-20,23H,9-10,12-13,17H2,1-3H3,(H,43,45). The Morgan fingerprint density at radius 2 is 1.76 bits per heavy atom. The first-order valence-corrected chi connectivity index (χ1v) is 15.0. The molecular formula is C35H33F3N6O2. The first-order valence-electron chi connectivity index (χ1n) is 15.0. The van der Waals surface area contributed by atoms with E-state index in [1.54, 1.807) is 55.1 Å². The van der Waals surface area contributed by atoms with Crippen molar-refractivity contribution in [2.75, 3.05) is 25.5 Å². The number of halogens is 3. The van der Waals surface area contributed by atoms with Gasteiger partial charge in [-0.05, 0) is 106 Å². The second kappa shape index (κ2) is 12.8. The molecule has 6 rings (SSSR count). The minimum Gasteiger partial charge on any atom is -0.356 e. The van der Waals surface area contributed by atoms with E-state index in [2.05, 4.69) is 25.3 Å². The van der Waals surface area contributed by atoms with Gasteiger partial charge in [-0.15, -0.1) is 0 Å². The Morgan fingerprint density at radius 1 is 0.978 bits per heavy atom. The largest absolute Gasteiger partial charge is 0.418 e. The molecule has 0 bridgehead atoms. The fraction of sp³-hybridized carbons (Fsp3) is 0.286. The van der Waals surface area contributed by atoms with E-state index in [9.17, 15) is 18.0 Å². The predicted octanol–water partition coefficient (Wildman–Crippen LogP) is 7.48. The van der Waals surface area contributed by atoms with Crippen molar-refractivity contribution >= 4 is 11.6 Å². The zero-order valence-corrected chi connectivity index (χ0v) is 25.7. The molecule has 5 aromatic rings. The van der Waals surface area contributed by atoms with Crippen molar-refractivity contribution in [3.8, 4) is 22.6 Å². The van der Waals surface area contributed by atoms with Crippen LogP contribution < -0.4 is 5.32 Å². The van der Waals surface area contributed by atoms with Gasteiger partial charge in [0.15, 0.2) is 5.76 Å². The van der Waals surface area contributed by atoms with Crippen molar-refractivity contribution in [2.45, 2.75) is 45.2 Å². The highest BCUT2D eigenvalue weighted by atomic mass is 19.4. The Bertz CT molecular complexity index is 1880. The number of likely N-dealkylation sites (tertiary alicyclic amines) is 1. The van der Waals surface area contributed by atoms with Crippen molar-refractivity contribution in [1.82, 2.24) is 25.0 Å². The molecule has 8 nitrogen and oxygen atoms in total. The Labute approximate surface area is 264 Å². The zero-order chi connectivity index (χ0) is 32.4. The number of nitrogens with zero attached hydrogens (tertiary/aromatic N) is 5. The van der Waals surface area contributed by atoms with E-state index < -0.39 is 17.6 Å². The Kier molecular flexibility index (Phi) is 8.68. The lowest BCUT2D eigenvalue weighted by Crippen LogP contribution is -2.29. The number of hydrogen-bond donors (Lipinski definition) is 1. The van der Waals surface area contributed by atoms with Crippen LogP contribution in [0.5, 0.6) is 0 Å². The number of pyridine rings is 1. The molecule has 0 aliphatic carbocycles. The van der Waals surface area contributed by atoms with E-state index in [4.69, 9.17) is 9.51 Å². The molecule has 46 heavy (non-hydrogen) atoms. The summed E-state index contributed by atoms with van der Waals surface area (Å²) in [5.41, 5.74) is 4.55. The van der Waals surface area contributed by atoms with E-state index in [0.29, 0.717) is 29.3 Å². The number of benzene rings is 2. The predicted molar refractivity (Wildman–Crippen MR) is 168 cm³/mol. The molecule has 236 valence electrons. The van der Waals surface area contributed by atoms with Crippen molar-refractivity contribution in [3.63, 3.8) is 0 Å². The van der Waals surface area contributed by atoms with Gasteiger partial charge in [0.2, 0.25) is 0 Å². The SMILES string of the molecule is Cc1ccc(C(=O)Nc2ccc(C3CCN(C)CC3)cc2C(F)(F)F)cc1Cc1nccc(-c2cncc(-c3oncc3C)c2)n1. The molecule has 0 saturated carbocycles. The van der Waals surface area contributed by atoms with Crippen molar-refractivity contribution in [1.29, 1.82) is 0 Å². The third kappa shape index (κ3) is 6.84. The highest BCUT2D eigenvalue weighted by Crippen LogP contribution is 2.39. The molecule has 0 atom stereocenters. The summed E-state index contributed by atoms with van der Waals surface area (Å²) in [6, 6.07) is 13.0. The number of hydrogen-bond acceptors (Lipinski definition) is 7. The van der Waals surface area contributed by atoms with Crippen molar-refractivity contribution in [2.24, 2.45) is 0 Å². The lowest BCUT2D eigenvalue weighted by Gasteiger charge is -2.29. The molecule has 1 amide bonds. The summed E-state index contributed by atoms with van der Waals surface area (Å²) in [6.45, 7) is 5.48. The molecule has 2 aromatic carbocycles. The molecule has 0 radical (unpaired) electrons. The highest BCUT2D eigenvalue weighted by molar-refractivity contribution is 6.05. The lowest BCUT2D eigenvalue weighted by molar-refractivity contribution is -0.137. The summed E-state index contributed by atoms with van der Waals surface area (Å²) in [6.07, 6.45) is 3.98. The molecule has 0 spiro atoms. The van der Waals surface area contributed by atoms with Crippen LogP contribution in [0.1, 0.15) is 62.8 Å². The molecule has 11 heteroatoms. The van der Waals surface area contributed by atoms with Gasteiger partial charge in [0.25, 0.3) is 5.91 Å². The highest BCUT2D eigenvalue weighted by Gasteiger charge is 2.35. The van der Waals surface area contributed by atoms with Crippen LogP contribution in [0.25, 0.3) is 22.6 Å².